The molecule has 0 aliphatic heterocycles. The highest BCUT2D eigenvalue weighted by Gasteiger charge is 2.15. The van der Waals surface area contributed by atoms with Crippen molar-refractivity contribution in [3.8, 4) is 11.8 Å². The van der Waals surface area contributed by atoms with Gasteiger partial charge in [-0.25, -0.2) is 0 Å². The Morgan fingerprint density at radius 2 is 2.05 bits per heavy atom. The molecule has 0 aliphatic carbocycles. The molecular weight excluding hydrogens is 370 g/mol. The molecule has 0 fully saturated rings. The molecule has 4 heteroatoms. The topological polar surface area (TPSA) is 33.0 Å². The van der Waals surface area contributed by atoms with Crippen LogP contribution in [0.4, 0.5) is 0 Å². The first-order valence-corrected chi connectivity index (χ1v) is 8.28. The highest BCUT2D eigenvalue weighted by atomic mass is 79.9. The van der Waals surface area contributed by atoms with Crippen LogP contribution >= 0.6 is 31.9 Å². The lowest BCUT2D eigenvalue weighted by Gasteiger charge is -2.15. The van der Waals surface area contributed by atoms with E-state index in [1.807, 2.05) is 26.0 Å². The zero-order chi connectivity index (χ0) is 14.3. The number of hydrogen-bond donors (Lipinski definition) is 0. The first-order chi connectivity index (χ1) is 8.98. The van der Waals surface area contributed by atoms with Crippen molar-refractivity contribution >= 4 is 31.9 Å². The Morgan fingerprint density at radius 1 is 1.32 bits per heavy atom. The molecule has 0 radical (unpaired) electrons. The molecule has 104 valence electrons. The van der Waals surface area contributed by atoms with Crippen LogP contribution in [-0.4, -0.2) is 6.61 Å². The summed E-state index contributed by atoms with van der Waals surface area (Å²) in [5, 5.41) is 9.71. The van der Waals surface area contributed by atoms with Gasteiger partial charge in [-0.1, -0.05) is 31.9 Å². The summed E-state index contributed by atoms with van der Waals surface area (Å²) in [7, 11) is 0. The van der Waals surface area contributed by atoms with E-state index in [2.05, 4.69) is 44.0 Å². The average molecular weight is 389 g/mol. The third-order valence-corrected chi connectivity index (χ3v) is 4.02. The summed E-state index contributed by atoms with van der Waals surface area (Å²) in [5.41, 5.74) is 0.922. The van der Waals surface area contributed by atoms with E-state index in [1.54, 1.807) is 0 Å². The maximum absolute atomic E-state index is 8.93. The molecule has 0 unspecified atom stereocenters. The van der Waals surface area contributed by atoms with Gasteiger partial charge in [0.2, 0.25) is 0 Å². The maximum atomic E-state index is 8.93. The standard InChI is InChI=1S/C15H19Br2NO/c1-15(2,11-18)7-3-4-8-19-14-6-5-13(17)9-12(14)10-16/h5-6,9H,3-4,7-8,10H2,1-2H3. The van der Waals surface area contributed by atoms with Crippen LogP contribution in [0.1, 0.15) is 38.7 Å². The minimum absolute atomic E-state index is 0.224. The van der Waals surface area contributed by atoms with Gasteiger partial charge in [0, 0.05) is 15.4 Å². The Morgan fingerprint density at radius 3 is 2.68 bits per heavy atom. The SMILES string of the molecule is CC(C)(C#N)CCCCOc1ccc(Br)cc1CBr. The van der Waals surface area contributed by atoms with Crippen LogP contribution in [0.2, 0.25) is 0 Å². The van der Waals surface area contributed by atoms with Crippen LogP contribution in [0.3, 0.4) is 0 Å². The normalized spacial score (nSPS) is 11.1. The third-order valence-electron chi connectivity index (χ3n) is 2.92. The second-order valence-corrected chi connectivity index (χ2v) is 6.66. The van der Waals surface area contributed by atoms with Crippen molar-refractivity contribution in [2.24, 2.45) is 5.41 Å². The minimum Gasteiger partial charge on any atom is -0.493 e. The Bertz CT molecular complexity index is 452. The second kappa shape index (κ2) is 7.91. The average Bonchev–Trinajstić information content (AvgIpc) is 2.39. The van der Waals surface area contributed by atoms with Gasteiger partial charge in [-0.05, 0) is 51.3 Å². The molecule has 0 bridgehead atoms. The van der Waals surface area contributed by atoms with Crippen molar-refractivity contribution in [3.63, 3.8) is 0 Å². The molecular formula is C15H19Br2NO. The summed E-state index contributed by atoms with van der Waals surface area (Å²) in [6, 6.07) is 8.35. The molecule has 0 aromatic heterocycles. The van der Waals surface area contributed by atoms with E-state index in [1.165, 1.54) is 0 Å². The lowest BCUT2D eigenvalue weighted by atomic mass is 9.89. The number of nitrogens with zero attached hydrogens (tertiary/aromatic N) is 1. The highest BCUT2D eigenvalue weighted by Crippen LogP contribution is 2.26. The Labute approximate surface area is 132 Å². The number of nitriles is 1. The quantitative estimate of drug-likeness (QED) is 0.460. The number of benzene rings is 1. The van der Waals surface area contributed by atoms with Gasteiger partial charge in [-0.15, -0.1) is 0 Å². The first-order valence-electron chi connectivity index (χ1n) is 6.37. The van der Waals surface area contributed by atoms with Gasteiger partial charge in [-0.2, -0.15) is 5.26 Å². The predicted octanol–water partition coefficient (Wildman–Crippen LogP) is 5.44. The Balaban J connectivity index is 2.36. The van der Waals surface area contributed by atoms with Crippen LogP contribution in [0.15, 0.2) is 22.7 Å². The molecule has 0 heterocycles. The predicted molar refractivity (Wildman–Crippen MR) is 85.5 cm³/mol. The number of rotatable bonds is 7. The molecule has 19 heavy (non-hydrogen) atoms. The van der Waals surface area contributed by atoms with Crippen LogP contribution < -0.4 is 4.74 Å². The third kappa shape index (κ3) is 5.97. The Kier molecular flexibility index (Phi) is 6.88. The summed E-state index contributed by atoms with van der Waals surface area (Å²) in [4.78, 5) is 0. The Hall–Kier alpha value is -0.530. The van der Waals surface area contributed by atoms with Gasteiger partial charge < -0.3 is 4.74 Å². The smallest absolute Gasteiger partial charge is 0.123 e. The van der Waals surface area contributed by atoms with E-state index in [-0.39, 0.29) is 5.41 Å². The molecule has 1 aromatic carbocycles. The fraction of sp³-hybridized carbons (Fsp3) is 0.533. The molecule has 0 atom stereocenters. The monoisotopic (exact) mass is 387 g/mol. The first kappa shape index (κ1) is 16.5. The number of unbranched alkanes of at least 4 members (excludes halogenated alkanes) is 1. The molecule has 0 spiro atoms. The van der Waals surface area contributed by atoms with Crippen molar-refractivity contribution < 1.29 is 4.74 Å². The molecule has 0 N–H and O–H groups in total. The number of halogens is 2. The maximum Gasteiger partial charge on any atom is 0.123 e. The summed E-state index contributed by atoms with van der Waals surface area (Å²) in [6.45, 7) is 4.65. The summed E-state index contributed by atoms with van der Waals surface area (Å²) in [5.74, 6) is 0.930. The van der Waals surface area contributed by atoms with Crippen LogP contribution in [-0.2, 0) is 5.33 Å². The van der Waals surface area contributed by atoms with Crippen molar-refractivity contribution in [2.45, 2.75) is 38.4 Å². The highest BCUT2D eigenvalue weighted by molar-refractivity contribution is 9.10. The number of hydrogen-bond acceptors (Lipinski definition) is 2. The molecule has 0 saturated heterocycles. The van der Waals surface area contributed by atoms with Crippen LogP contribution in [0.5, 0.6) is 5.75 Å². The summed E-state index contributed by atoms with van der Waals surface area (Å²) >= 11 is 6.92. The lowest BCUT2D eigenvalue weighted by molar-refractivity contribution is 0.293. The molecule has 0 saturated carbocycles. The second-order valence-electron chi connectivity index (χ2n) is 5.19. The zero-order valence-corrected chi connectivity index (χ0v) is 14.6. The van der Waals surface area contributed by atoms with Crippen molar-refractivity contribution in [2.75, 3.05) is 6.61 Å². The minimum atomic E-state index is -0.224. The fourth-order valence-electron chi connectivity index (χ4n) is 1.70. The van der Waals surface area contributed by atoms with Gasteiger partial charge >= 0.3 is 0 Å². The van der Waals surface area contributed by atoms with E-state index in [9.17, 15) is 0 Å². The molecule has 2 nitrogen and oxygen atoms in total. The number of ether oxygens (including phenoxy) is 1. The number of alkyl halides is 1. The van der Waals surface area contributed by atoms with Gasteiger partial charge in [0.25, 0.3) is 0 Å². The lowest BCUT2D eigenvalue weighted by Crippen LogP contribution is -2.08. The summed E-state index contributed by atoms with van der Waals surface area (Å²) < 4.78 is 6.86. The molecule has 1 aromatic rings. The van der Waals surface area contributed by atoms with Crippen molar-refractivity contribution in [1.82, 2.24) is 0 Å². The van der Waals surface area contributed by atoms with E-state index < -0.39 is 0 Å². The zero-order valence-electron chi connectivity index (χ0n) is 11.4. The van der Waals surface area contributed by atoms with Gasteiger partial charge in [0.05, 0.1) is 18.1 Å². The van der Waals surface area contributed by atoms with Crippen LogP contribution in [0.25, 0.3) is 0 Å². The van der Waals surface area contributed by atoms with Gasteiger partial charge in [-0.3, -0.25) is 0 Å². The van der Waals surface area contributed by atoms with E-state index in [0.29, 0.717) is 6.61 Å². The molecule has 0 aliphatic rings. The summed E-state index contributed by atoms with van der Waals surface area (Å²) in [6.07, 6.45) is 2.90. The van der Waals surface area contributed by atoms with Crippen molar-refractivity contribution in [3.05, 3.63) is 28.2 Å². The van der Waals surface area contributed by atoms with Gasteiger partial charge in [0.1, 0.15) is 5.75 Å². The fourth-order valence-corrected chi connectivity index (χ4v) is 2.55. The van der Waals surface area contributed by atoms with Crippen LogP contribution in [0, 0.1) is 16.7 Å². The van der Waals surface area contributed by atoms with Gasteiger partial charge in [0.15, 0.2) is 0 Å². The van der Waals surface area contributed by atoms with E-state index >= 15 is 0 Å². The van der Waals surface area contributed by atoms with Crippen molar-refractivity contribution in [1.29, 1.82) is 5.26 Å². The molecule has 0 amide bonds. The van der Waals surface area contributed by atoms with E-state index in [0.717, 1.165) is 40.4 Å². The molecule has 1 rings (SSSR count). The van der Waals surface area contributed by atoms with E-state index in [4.69, 9.17) is 10.00 Å². The largest absolute Gasteiger partial charge is 0.493 e.